The zero-order valence-corrected chi connectivity index (χ0v) is 10.4. The van der Waals surface area contributed by atoms with Gasteiger partial charge in [-0.2, -0.15) is 0 Å². The van der Waals surface area contributed by atoms with Gasteiger partial charge in [0.05, 0.1) is 0 Å². The van der Waals surface area contributed by atoms with Crippen LogP contribution in [0.4, 0.5) is 0 Å². The van der Waals surface area contributed by atoms with Gasteiger partial charge in [0.25, 0.3) is 0 Å². The lowest BCUT2D eigenvalue weighted by Gasteiger charge is -2.20. The summed E-state index contributed by atoms with van der Waals surface area (Å²) in [5.41, 5.74) is 1.63. The summed E-state index contributed by atoms with van der Waals surface area (Å²) < 4.78 is 4.80. The van der Waals surface area contributed by atoms with E-state index in [1.165, 1.54) is 0 Å². The van der Waals surface area contributed by atoms with Gasteiger partial charge in [0, 0.05) is 0 Å². The van der Waals surface area contributed by atoms with Crippen LogP contribution in [-0.2, 0) is 15.0 Å². The third kappa shape index (κ3) is 3.31. The maximum absolute atomic E-state index is 11.0. The fourth-order valence-electron chi connectivity index (χ4n) is 1.32. The van der Waals surface area contributed by atoms with Crippen molar-refractivity contribution >= 4 is 11.9 Å². The van der Waals surface area contributed by atoms with E-state index in [1.54, 1.807) is 13.0 Å². The Kier molecular flexibility index (Phi) is 3.56. The molecule has 0 saturated heterocycles. The predicted molar refractivity (Wildman–Crippen MR) is 63.1 cm³/mol. The number of carboxylic acid groups (broad SMARTS) is 1. The molecule has 0 aliphatic rings. The fourth-order valence-corrected chi connectivity index (χ4v) is 1.32. The highest BCUT2D eigenvalue weighted by Crippen LogP contribution is 2.28. The van der Waals surface area contributed by atoms with Crippen molar-refractivity contribution in [1.29, 1.82) is 0 Å². The molecule has 1 N–H and O–H groups in total. The molecule has 0 fully saturated rings. The molecule has 1 rings (SSSR count). The molecular weight excluding hydrogens is 220 g/mol. The summed E-state index contributed by atoms with van der Waals surface area (Å²) >= 11 is 0. The molecule has 1 aromatic rings. The normalized spacial score (nSPS) is 11.1. The van der Waals surface area contributed by atoms with Crippen LogP contribution in [0.5, 0.6) is 5.75 Å². The number of hydrogen-bond donors (Lipinski definition) is 1. The summed E-state index contributed by atoms with van der Waals surface area (Å²) in [6.07, 6.45) is 0. The minimum absolute atomic E-state index is 0.0852. The van der Waals surface area contributed by atoms with Crippen molar-refractivity contribution in [3.63, 3.8) is 0 Å². The van der Waals surface area contributed by atoms with Gasteiger partial charge in [-0.15, -0.1) is 0 Å². The predicted octanol–water partition coefficient (Wildman–Crippen LogP) is 2.28. The third-order valence-electron chi connectivity index (χ3n) is 2.43. The van der Waals surface area contributed by atoms with E-state index in [-0.39, 0.29) is 5.41 Å². The van der Waals surface area contributed by atoms with Crippen LogP contribution >= 0.6 is 0 Å². The molecule has 0 saturated carbocycles. The summed E-state index contributed by atoms with van der Waals surface area (Å²) in [6.45, 7) is 7.85. The highest BCUT2D eigenvalue weighted by atomic mass is 16.6. The molecule has 0 radical (unpaired) electrons. The van der Waals surface area contributed by atoms with E-state index < -0.39 is 11.9 Å². The first-order valence-electron chi connectivity index (χ1n) is 5.28. The number of hydrogen-bond acceptors (Lipinski definition) is 3. The zero-order valence-electron chi connectivity index (χ0n) is 10.4. The van der Waals surface area contributed by atoms with Crippen LogP contribution in [0.25, 0.3) is 0 Å². The van der Waals surface area contributed by atoms with E-state index in [2.05, 4.69) is 0 Å². The molecule has 0 aromatic heterocycles. The van der Waals surface area contributed by atoms with Crippen LogP contribution in [0.15, 0.2) is 18.2 Å². The van der Waals surface area contributed by atoms with E-state index in [1.807, 2.05) is 32.9 Å². The van der Waals surface area contributed by atoms with E-state index in [0.717, 1.165) is 11.1 Å². The molecule has 0 bridgehead atoms. The van der Waals surface area contributed by atoms with Crippen molar-refractivity contribution in [1.82, 2.24) is 0 Å². The van der Waals surface area contributed by atoms with Crippen LogP contribution in [0, 0.1) is 6.92 Å². The molecular formula is C13H16O4. The van der Waals surface area contributed by atoms with Crippen LogP contribution in [0.3, 0.4) is 0 Å². The van der Waals surface area contributed by atoms with Gasteiger partial charge in [0.1, 0.15) is 5.75 Å². The Labute approximate surface area is 100 Å². The van der Waals surface area contributed by atoms with Crippen molar-refractivity contribution in [2.45, 2.75) is 33.1 Å². The van der Waals surface area contributed by atoms with E-state index in [4.69, 9.17) is 9.84 Å². The zero-order chi connectivity index (χ0) is 13.2. The number of aryl methyl sites for hydroxylation is 1. The van der Waals surface area contributed by atoms with Crippen molar-refractivity contribution in [2.75, 3.05) is 0 Å². The number of esters is 1. The van der Waals surface area contributed by atoms with Gasteiger partial charge in [-0.05, 0) is 29.5 Å². The highest BCUT2D eigenvalue weighted by molar-refractivity contribution is 6.29. The lowest BCUT2D eigenvalue weighted by Crippen LogP contribution is -2.20. The monoisotopic (exact) mass is 236 g/mol. The second-order valence-corrected chi connectivity index (χ2v) is 4.92. The number of ether oxygens (including phenoxy) is 1. The van der Waals surface area contributed by atoms with Crippen LogP contribution in [0.2, 0.25) is 0 Å². The van der Waals surface area contributed by atoms with Crippen molar-refractivity contribution in [3.05, 3.63) is 29.3 Å². The summed E-state index contributed by atoms with van der Waals surface area (Å²) in [7, 11) is 0. The Hall–Kier alpha value is -1.84. The topological polar surface area (TPSA) is 63.6 Å². The largest absolute Gasteiger partial charge is 0.473 e. The lowest BCUT2D eigenvalue weighted by atomic mass is 9.86. The highest BCUT2D eigenvalue weighted by Gasteiger charge is 2.19. The Morgan fingerprint density at radius 1 is 1.24 bits per heavy atom. The molecule has 0 amide bonds. The van der Waals surface area contributed by atoms with Crippen LogP contribution < -0.4 is 4.74 Å². The summed E-state index contributed by atoms with van der Waals surface area (Å²) in [4.78, 5) is 21.4. The fraction of sp³-hybridized carbons (Fsp3) is 0.385. The first kappa shape index (κ1) is 13.2. The Bertz CT molecular complexity index is 455. The number of aliphatic carboxylic acids is 1. The number of benzene rings is 1. The van der Waals surface area contributed by atoms with E-state index in [9.17, 15) is 9.59 Å². The lowest BCUT2D eigenvalue weighted by molar-refractivity contribution is -0.158. The van der Waals surface area contributed by atoms with Gasteiger partial charge in [0.2, 0.25) is 0 Å². The van der Waals surface area contributed by atoms with Gasteiger partial charge in [0.15, 0.2) is 0 Å². The number of rotatable bonds is 1. The molecule has 0 aliphatic heterocycles. The van der Waals surface area contributed by atoms with Gasteiger partial charge < -0.3 is 9.84 Å². The molecule has 92 valence electrons. The smallest absolute Gasteiger partial charge is 0.422 e. The first-order valence-corrected chi connectivity index (χ1v) is 5.28. The Morgan fingerprint density at radius 2 is 1.82 bits per heavy atom. The second-order valence-electron chi connectivity index (χ2n) is 4.92. The van der Waals surface area contributed by atoms with E-state index >= 15 is 0 Å². The van der Waals surface area contributed by atoms with E-state index in [0.29, 0.717) is 5.75 Å². The maximum atomic E-state index is 11.0. The number of carbonyl (C=O) groups excluding carboxylic acids is 1. The average molecular weight is 236 g/mol. The van der Waals surface area contributed by atoms with Crippen molar-refractivity contribution < 1.29 is 19.4 Å². The van der Waals surface area contributed by atoms with Crippen molar-refractivity contribution in [2.24, 2.45) is 0 Å². The van der Waals surface area contributed by atoms with Gasteiger partial charge >= 0.3 is 11.9 Å². The summed E-state index contributed by atoms with van der Waals surface area (Å²) in [5.74, 6) is -2.56. The standard InChI is InChI=1S/C13H16O4/c1-8-5-6-9(13(2,3)4)7-10(8)17-12(16)11(14)15/h5-7H,1-4H3,(H,14,15). The molecule has 1 aromatic carbocycles. The SMILES string of the molecule is Cc1ccc(C(C)(C)C)cc1OC(=O)C(=O)O. The molecule has 0 spiro atoms. The maximum Gasteiger partial charge on any atom is 0.422 e. The Balaban J connectivity index is 3.07. The Morgan fingerprint density at radius 3 is 2.29 bits per heavy atom. The quantitative estimate of drug-likeness (QED) is 0.461. The molecule has 0 atom stereocenters. The van der Waals surface area contributed by atoms with Gasteiger partial charge in [-0.1, -0.05) is 32.9 Å². The molecule has 0 unspecified atom stereocenters. The molecule has 0 heterocycles. The molecule has 4 nitrogen and oxygen atoms in total. The first-order chi connectivity index (χ1) is 7.71. The minimum Gasteiger partial charge on any atom is -0.473 e. The van der Waals surface area contributed by atoms with Crippen LogP contribution in [0.1, 0.15) is 31.9 Å². The molecule has 0 aliphatic carbocycles. The molecule has 4 heteroatoms. The second kappa shape index (κ2) is 4.57. The molecule has 17 heavy (non-hydrogen) atoms. The number of carbonyl (C=O) groups is 2. The third-order valence-corrected chi connectivity index (χ3v) is 2.43. The summed E-state index contributed by atoms with van der Waals surface area (Å²) in [6, 6.07) is 5.45. The van der Waals surface area contributed by atoms with Gasteiger partial charge in [-0.3, -0.25) is 0 Å². The average Bonchev–Trinajstić information content (AvgIpc) is 2.19. The number of carboxylic acids is 1. The van der Waals surface area contributed by atoms with Crippen molar-refractivity contribution in [3.8, 4) is 5.75 Å². The summed E-state index contributed by atoms with van der Waals surface area (Å²) in [5, 5.41) is 8.49. The van der Waals surface area contributed by atoms with Crippen LogP contribution in [-0.4, -0.2) is 17.0 Å². The minimum atomic E-state index is -1.59. The van der Waals surface area contributed by atoms with Gasteiger partial charge in [-0.25, -0.2) is 9.59 Å².